The van der Waals surface area contributed by atoms with Gasteiger partial charge in [0, 0.05) is 30.1 Å². The van der Waals surface area contributed by atoms with Crippen LogP contribution in [0.3, 0.4) is 0 Å². The minimum absolute atomic E-state index is 0.105. The zero-order valence-electron chi connectivity index (χ0n) is 14.4. The number of nitro groups is 1. The van der Waals surface area contributed by atoms with E-state index in [0.29, 0.717) is 12.5 Å². The van der Waals surface area contributed by atoms with E-state index in [9.17, 15) is 10.1 Å². The zero-order valence-corrected chi connectivity index (χ0v) is 16.0. The molecule has 0 atom stereocenters. The van der Waals surface area contributed by atoms with E-state index < -0.39 is 0 Å². The molecule has 1 aliphatic rings. The first-order chi connectivity index (χ1) is 12.6. The van der Waals surface area contributed by atoms with Crippen molar-refractivity contribution >= 4 is 32.5 Å². The van der Waals surface area contributed by atoms with Crippen molar-refractivity contribution in [1.29, 1.82) is 0 Å². The normalized spacial score (nSPS) is 13.9. The summed E-state index contributed by atoms with van der Waals surface area (Å²) in [5.41, 5.74) is 3.27. The van der Waals surface area contributed by atoms with Gasteiger partial charge in [0.05, 0.1) is 27.2 Å². The highest BCUT2D eigenvalue weighted by Crippen LogP contribution is 2.42. The lowest BCUT2D eigenvalue weighted by molar-refractivity contribution is -0.384. The molecule has 4 rings (SSSR count). The van der Waals surface area contributed by atoms with Crippen LogP contribution in [0.1, 0.15) is 19.8 Å². The maximum Gasteiger partial charge on any atom is 0.269 e. The molecule has 2 aromatic carbocycles. The van der Waals surface area contributed by atoms with E-state index in [1.165, 1.54) is 12.8 Å². The molecule has 0 radical (unpaired) electrons. The van der Waals surface area contributed by atoms with Crippen molar-refractivity contribution in [1.82, 2.24) is 4.57 Å². The molecule has 5 nitrogen and oxygen atoms in total. The summed E-state index contributed by atoms with van der Waals surface area (Å²) < 4.78 is 9.02. The Bertz CT molecular complexity index is 975. The molecule has 6 heteroatoms. The van der Waals surface area contributed by atoms with E-state index in [0.717, 1.165) is 38.9 Å². The third kappa shape index (κ3) is 3.09. The van der Waals surface area contributed by atoms with Gasteiger partial charge in [-0.3, -0.25) is 10.1 Å². The second-order valence-corrected chi connectivity index (χ2v) is 7.43. The quantitative estimate of drug-likeness (QED) is 0.378. The van der Waals surface area contributed by atoms with Gasteiger partial charge < -0.3 is 9.30 Å². The van der Waals surface area contributed by atoms with E-state index in [1.54, 1.807) is 12.1 Å². The first-order valence-corrected chi connectivity index (χ1v) is 9.57. The number of hydrogen-bond donors (Lipinski definition) is 0. The minimum Gasteiger partial charge on any atom is -0.494 e. The summed E-state index contributed by atoms with van der Waals surface area (Å²) in [6.07, 6.45) is 2.50. The van der Waals surface area contributed by atoms with Crippen LogP contribution in [0, 0.1) is 16.0 Å². The highest BCUT2D eigenvalue weighted by molar-refractivity contribution is 9.10. The molecule has 134 valence electrons. The molecule has 1 saturated carbocycles. The summed E-state index contributed by atoms with van der Waals surface area (Å²) in [4.78, 5) is 10.6. The highest BCUT2D eigenvalue weighted by Gasteiger charge is 2.26. The van der Waals surface area contributed by atoms with E-state index in [4.69, 9.17) is 4.74 Å². The van der Waals surface area contributed by atoms with Crippen molar-refractivity contribution in [3.63, 3.8) is 0 Å². The number of hydrogen-bond acceptors (Lipinski definition) is 3. The SMILES string of the molecule is CCOc1ccc2c(Br)c(-c3ccc([N+](=O)[O-])cc3)n(CC3CC3)c2c1. The number of non-ortho nitro benzene ring substituents is 1. The molecule has 0 saturated heterocycles. The second-order valence-electron chi connectivity index (χ2n) is 6.63. The van der Waals surface area contributed by atoms with E-state index in [-0.39, 0.29) is 10.6 Å². The number of benzene rings is 2. The van der Waals surface area contributed by atoms with Crippen LogP contribution in [0.5, 0.6) is 5.75 Å². The minimum atomic E-state index is -0.368. The maximum atomic E-state index is 11.0. The Labute approximate surface area is 159 Å². The van der Waals surface area contributed by atoms with Crippen LogP contribution < -0.4 is 4.74 Å². The summed E-state index contributed by atoms with van der Waals surface area (Å²) in [5.74, 6) is 1.56. The van der Waals surface area contributed by atoms with Crippen LogP contribution in [-0.4, -0.2) is 16.1 Å². The molecular weight excluding hydrogens is 396 g/mol. The Morgan fingerprint density at radius 3 is 2.58 bits per heavy atom. The van der Waals surface area contributed by atoms with Crippen LogP contribution >= 0.6 is 15.9 Å². The molecule has 0 amide bonds. The number of rotatable bonds is 6. The average Bonchev–Trinajstić information content (AvgIpc) is 3.41. The number of nitro benzene ring substituents is 1. The molecule has 0 unspecified atom stereocenters. The van der Waals surface area contributed by atoms with Gasteiger partial charge >= 0.3 is 0 Å². The molecule has 1 aliphatic carbocycles. The summed E-state index contributed by atoms with van der Waals surface area (Å²) in [6, 6.07) is 12.9. The lowest BCUT2D eigenvalue weighted by Gasteiger charge is -2.11. The first kappa shape index (κ1) is 17.1. The van der Waals surface area contributed by atoms with Gasteiger partial charge in [-0.25, -0.2) is 0 Å². The fourth-order valence-corrected chi connectivity index (χ4v) is 4.09. The van der Waals surface area contributed by atoms with Gasteiger partial charge in [-0.15, -0.1) is 0 Å². The average molecular weight is 415 g/mol. The summed E-state index contributed by atoms with van der Waals surface area (Å²) in [6.45, 7) is 3.56. The third-order valence-electron chi connectivity index (χ3n) is 4.77. The number of nitrogens with zero attached hydrogens (tertiary/aromatic N) is 2. The molecule has 1 fully saturated rings. The molecular formula is C20H19BrN2O3. The predicted octanol–water partition coefficient (Wildman–Crippen LogP) is 5.79. The van der Waals surface area contributed by atoms with Gasteiger partial charge in [0.2, 0.25) is 0 Å². The Hall–Kier alpha value is -2.34. The van der Waals surface area contributed by atoms with E-state index in [1.807, 2.05) is 25.1 Å². The Morgan fingerprint density at radius 2 is 1.96 bits per heavy atom. The molecule has 0 bridgehead atoms. The second kappa shape index (κ2) is 6.76. The van der Waals surface area contributed by atoms with Crippen molar-refractivity contribution in [2.24, 2.45) is 5.92 Å². The van der Waals surface area contributed by atoms with Gasteiger partial charge in [0.25, 0.3) is 5.69 Å². The summed E-state index contributed by atoms with van der Waals surface area (Å²) >= 11 is 3.77. The monoisotopic (exact) mass is 414 g/mol. The number of aromatic nitrogens is 1. The number of fused-ring (bicyclic) bond motifs is 1. The topological polar surface area (TPSA) is 57.3 Å². The third-order valence-corrected chi connectivity index (χ3v) is 5.58. The largest absolute Gasteiger partial charge is 0.494 e. The Morgan fingerprint density at radius 1 is 1.23 bits per heavy atom. The maximum absolute atomic E-state index is 11.0. The predicted molar refractivity (Wildman–Crippen MR) is 106 cm³/mol. The zero-order chi connectivity index (χ0) is 18.3. The number of halogens is 1. The van der Waals surface area contributed by atoms with Gasteiger partial charge in [-0.2, -0.15) is 0 Å². The molecule has 1 heterocycles. The van der Waals surface area contributed by atoms with Gasteiger partial charge in [-0.1, -0.05) is 0 Å². The lowest BCUT2D eigenvalue weighted by Crippen LogP contribution is -2.02. The smallest absolute Gasteiger partial charge is 0.269 e. The standard InChI is InChI=1S/C20H19BrN2O3/c1-2-26-16-9-10-17-18(11-16)22(12-13-3-4-13)20(19(17)21)14-5-7-15(8-6-14)23(24)25/h5-11,13H,2-4,12H2,1H3. The van der Waals surface area contributed by atoms with Crippen LogP contribution in [0.15, 0.2) is 46.9 Å². The van der Waals surface area contributed by atoms with Crippen molar-refractivity contribution in [3.8, 4) is 17.0 Å². The van der Waals surface area contributed by atoms with E-state index in [2.05, 4.69) is 32.6 Å². The highest BCUT2D eigenvalue weighted by atomic mass is 79.9. The van der Waals surface area contributed by atoms with Crippen LogP contribution in [0.4, 0.5) is 5.69 Å². The van der Waals surface area contributed by atoms with Crippen molar-refractivity contribution in [3.05, 3.63) is 57.1 Å². The summed E-state index contributed by atoms with van der Waals surface area (Å²) in [7, 11) is 0. The first-order valence-electron chi connectivity index (χ1n) is 8.78. The fourth-order valence-electron chi connectivity index (χ4n) is 3.32. The lowest BCUT2D eigenvalue weighted by atomic mass is 10.1. The Kier molecular flexibility index (Phi) is 4.44. The summed E-state index contributed by atoms with van der Waals surface area (Å²) in [5, 5.41) is 12.1. The van der Waals surface area contributed by atoms with Crippen molar-refractivity contribution in [2.75, 3.05) is 6.61 Å². The van der Waals surface area contributed by atoms with Gasteiger partial charge in [0.1, 0.15) is 5.75 Å². The van der Waals surface area contributed by atoms with E-state index >= 15 is 0 Å². The number of ether oxygens (including phenoxy) is 1. The molecule has 1 aromatic heterocycles. The fraction of sp³-hybridized carbons (Fsp3) is 0.300. The van der Waals surface area contributed by atoms with Gasteiger partial charge in [-0.05, 0) is 71.4 Å². The molecule has 0 N–H and O–H groups in total. The van der Waals surface area contributed by atoms with Crippen molar-refractivity contribution in [2.45, 2.75) is 26.3 Å². The van der Waals surface area contributed by atoms with Crippen molar-refractivity contribution < 1.29 is 9.66 Å². The van der Waals surface area contributed by atoms with Crippen LogP contribution in [-0.2, 0) is 6.54 Å². The Balaban J connectivity index is 1.88. The molecule has 3 aromatic rings. The van der Waals surface area contributed by atoms with Gasteiger partial charge in [0.15, 0.2) is 0 Å². The van der Waals surface area contributed by atoms with Crippen LogP contribution in [0.25, 0.3) is 22.2 Å². The molecule has 0 aliphatic heterocycles. The molecule has 0 spiro atoms. The van der Waals surface area contributed by atoms with Crippen LogP contribution in [0.2, 0.25) is 0 Å². The molecule has 26 heavy (non-hydrogen) atoms.